The van der Waals surface area contributed by atoms with E-state index in [0.717, 1.165) is 54.5 Å². The normalized spacial score (nSPS) is 11.5. The number of esters is 1. The molecule has 3 rings (SSSR count). The highest BCUT2D eigenvalue weighted by Gasteiger charge is 2.30. The Morgan fingerprint density at radius 2 is 1.62 bits per heavy atom. The van der Waals surface area contributed by atoms with Gasteiger partial charge in [-0.1, -0.05) is 75.1 Å². The van der Waals surface area contributed by atoms with E-state index >= 15 is 0 Å². The maximum absolute atomic E-state index is 13.3. The average molecular weight is 566 g/mol. The Morgan fingerprint density at radius 1 is 0.900 bits per heavy atom. The second kappa shape index (κ2) is 15.6. The lowest BCUT2D eigenvalue weighted by Gasteiger charge is -2.21. The summed E-state index contributed by atoms with van der Waals surface area (Å²) in [6.45, 7) is 8.95. The van der Waals surface area contributed by atoms with Crippen LogP contribution in [0.5, 0.6) is 0 Å². The maximum Gasteiger partial charge on any atom is 0.347 e. The first-order valence-electron chi connectivity index (χ1n) is 14.5. The number of unbranched alkanes of at least 4 members (excludes halogenated alkanes) is 5. The van der Waals surface area contributed by atoms with Gasteiger partial charge in [-0.15, -0.1) is 11.8 Å². The molecule has 8 heteroatoms. The molecule has 7 nitrogen and oxygen atoms in total. The molecule has 0 atom stereocenters. The molecule has 0 amide bonds. The number of rotatable bonds is 16. The van der Waals surface area contributed by atoms with E-state index in [4.69, 9.17) is 4.74 Å². The molecule has 0 aliphatic carbocycles. The third-order valence-corrected chi connectivity index (χ3v) is 7.94. The number of thioether (sulfide) groups is 1. The molecular formula is C32H43N3O4S. The minimum Gasteiger partial charge on any atom is -0.465 e. The number of ether oxygens (including phenoxy) is 1. The molecule has 216 valence electrons. The summed E-state index contributed by atoms with van der Waals surface area (Å²) < 4.78 is 7.37. The number of benzene rings is 2. The van der Waals surface area contributed by atoms with E-state index in [1.807, 2.05) is 63.2 Å². The summed E-state index contributed by atoms with van der Waals surface area (Å²) in [7, 11) is 0. The number of aromatic nitrogens is 3. The van der Waals surface area contributed by atoms with Crippen molar-refractivity contribution < 1.29 is 9.53 Å². The zero-order chi connectivity index (χ0) is 29.0. The van der Waals surface area contributed by atoms with E-state index in [9.17, 15) is 14.4 Å². The number of hydrogen-bond acceptors (Lipinski definition) is 6. The van der Waals surface area contributed by atoms with Crippen LogP contribution >= 0.6 is 11.8 Å². The summed E-state index contributed by atoms with van der Waals surface area (Å²) in [6.07, 6.45) is 7.70. The van der Waals surface area contributed by atoms with Crippen molar-refractivity contribution in [3.63, 3.8) is 0 Å². The SMILES string of the molecule is CCCCCCCn1nc(-c2ccccc2)c(=O)n(CCCCc2cccc(SC(C)(C)C(=O)OCC)c2)c1=O. The van der Waals surface area contributed by atoms with Gasteiger partial charge in [0, 0.05) is 23.5 Å². The smallest absolute Gasteiger partial charge is 0.347 e. The maximum atomic E-state index is 13.3. The fraction of sp³-hybridized carbons (Fsp3) is 0.500. The molecule has 0 fully saturated rings. The van der Waals surface area contributed by atoms with E-state index in [0.29, 0.717) is 31.8 Å². The van der Waals surface area contributed by atoms with Crippen molar-refractivity contribution in [1.29, 1.82) is 0 Å². The van der Waals surface area contributed by atoms with Crippen LogP contribution in [0.15, 0.2) is 69.1 Å². The molecule has 0 saturated carbocycles. The number of nitrogens with zero attached hydrogens (tertiary/aromatic N) is 3. The van der Waals surface area contributed by atoms with Crippen molar-refractivity contribution in [2.45, 2.75) is 102 Å². The van der Waals surface area contributed by atoms with Gasteiger partial charge in [0.15, 0.2) is 5.69 Å². The number of aryl methyl sites for hydroxylation is 2. The van der Waals surface area contributed by atoms with Crippen molar-refractivity contribution in [2.24, 2.45) is 0 Å². The number of carbonyl (C=O) groups excluding carboxylic acids is 1. The van der Waals surface area contributed by atoms with Crippen LogP contribution in [0, 0.1) is 0 Å². The van der Waals surface area contributed by atoms with Gasteiger partial charge >= 0.3 is 11.7 Å². The molecule has 2 aromatic carbocycles. The predicted octanol–water partition coefficient (Wildman–Crippen LogP) is 6.50. The van der Waals surface area contributed by atoms with Gasteiger partial charge in [0.25, 0.3) is 5.56 Å². The summed E-state index contributed by atoms with van der Waals surface area (Å²) in [4.78, 5) is 39.9. The molecular weight excluding hydrogens is 522 g/mol. The highest BCUT2D eigenvalue weighted by Crippen LogP contribution is 2.34. The van der Waals surface area contributed by atoms with E-state index in [-0.39, 0.29) is 17.2 Å². The lowest BCUT2D eigenvalue weighted by atomic mass is 10.1. The second-order valence-corrected chi connectivity index (χ2v) is 12.2. The molecule has 40 heavy (non-hydrogen) atoms. The van der Waals surface area contributed by atoms with Crippen LogP contribution in [-0.4, -0.2) is 31.7 Å². The first kappa shape index (κ1) is 31.4. The molecule has 1 aromatic heterocycles. The average Bonchev–Trinajstić information content (AvgIpc) is 2.94. The van der Waals surface area contributed by atoms with Crippen molar-refractivity contribution in [3.05, 3.63) is 81.0 Å². The quantitative estimate of drug-likeness (QED) is 0.112. The summed E-state index contributed by atoms with van der Waals surface area (Å²) in [5.74, 6) is -0.227. The monoisotopic (exact) mass is 565 g/mol. The lowest BCUT2D eigenvalue weighted by Crippen LogP contribution is -2.42. The van der Waals surface area contributed by atoms with Crippen LogP contribution in [0.4, 0.5) is 0 Å². The first-order chi connectivity index (χ1) is 19.3. The molecule has 0 aliphatic heterocycles. The van der Waals surface area contributed by atoms with E-state index in [2.05, 4.69) is 24.2 Å². The molecule has 0 radical (unpaired) electrons. The van der Waals surface area contributed by atoms with Gasteiger partial charge in [-0.3, -0.25) is 14.2 Å². The van der Waals surface area contributed by atoms with Crippen molar-refractivity contribution >= 4 is 17.7 Å². The fourth-order valence-electron chi connectivity index (χ4n) is 4.55. The van der Waals surface area contributed by atoms with Crippen LogP contribution in [0.1, 0.15) is 78.2 Å². The van der Waals surface area contributed by atoms with Crippen molar-refractivity contribution in [2.75, 3.05) is 6.61 Å². The summed E-state index contributed by atoms with van der Waals surface area (Å²) in [5.41, 5.74) is 1.53. The Labute approximate surface area is 242 Å². The number of hydrogen-bond donors (Lipinski definition) is 0. The van der Waals surface area contributed by atoms with Crippen molar-refractivity contribution in [3.8, 4) is 11.3 Å². The molecule has 0 bridgehead atoms. The standard InChI is InChI=1S/C32H43N3O4S/c1-5-7-8-9-14-23-35-31(38)34(29(36)28(33-35)26-19-11-10-12-20-26)22-15-13-17-25-18-16-21-27(24-25)40-32(3,4)30(37)39-6-2/h10-12,16,18-21,24H,5-9,13-15,17,22-23H2,1-4H3. The molecule has 0 spiro atoms. The molecule has 0 N–H and O–H groups in total. The van der Waals surface area contributed by atoms with Gasteiger partial charge in [-0.2, -0.15) is 5.10 Å². The van der Waals surface area contributed by atoms with E-state index in [1.165, 1.54) is 27.4 Å². The van der Waals surface area contributed by atoms with Crippen LogP contribution in [0.3, 0.4) is 0 Å². The third kappa shape index (κ3) is 8.95. The molecule has 0 saturated heterocycles. The fourth-order valence-corrected chi connectivity index (χ4v) is 5.64. The second-order valence-electron chi connectivity index (χ2n) is 10.5. The summed E-state index contributed by atoms with van der Waals surface area (Å²) >= 11 is 1.49. The zero-order valence-corrected chi connectivity index (χ0v) is 25.2. The van der Waals surface area contributed by atoms with Gasteiger partial charge in [-0.25, -0.2) is 9.48 Å². The Balaban J connectivity index is 1.69. The van der Waals surface area contributed by atoms with Gasteiger partial charge in [0.1, 0.15) is 4.75 Å². The highest BCUT2D eigenvalue weighted by molar-refractivity contribution is 8.01. The third-order valence-electron chi connectivity index (χ3n) is 6.78. The summed E-state index contributed by atoms with van der Waals surface area (Å²) in [6, 6.07) is 17.5. The molecule has 0 unspecified atom stereocenters. The van der Waals surface area contributed by atoms with Crippen LogP contribution in [0.25, 0.3) is 11.3 Å². The predicted molar refractivity (Wildman–Crippen MR) is 163 cm³/mol. The lowest BCUT2D eigenvalue weighted by molar-refractivity contribution is -0.145. The van der Waals surface area contributed by atoms with E-state index in [1.54, 1.807) is 0 Å². The Morgan fingerprint density at radius 3 is 2.35 bits per heavy atom. The van der Waals surface area contributed by atoms with Gasteiger partial charge < -0.3 is 4.74 Å². The van der Waals surface area contributed by atoms with Gasteiger partial charge in [0.2, 0.25) is 0 Å². The topological polar surface area (TPSA) is 83.2 Å². The Hall–Kier alpha value is -3.13. The molecule has 0 aliphatic rings. The van der Waals surface area contributed by atoms with E-state index < -0.39 is 4.75 Å². The Bertz CT molecular complexity index is 1350. The largest absolute Gasteiger partial charge is 0.465 e. The van der Waals surface area contributed by atoms with Crippen LogP contribution < -0.4 is 11.2 Å². The summed E-state index contributed by atoms with van der Waals surface area (Å²) in [5, 5.41) is 4.49. The zero-order valence-electron chi connectivity index (χ0n) is 24.4. The first-order valence-corrected chi connectivity index (χ1v) is 15.3. The number of carbonyl (C=O) groups is 1. The van der Waals surface area contributed by atoms with Gasteiger partial charge in [-0.05, 0) is 64.2 Å². The molecule has 3 aromatic rings. The van der Waals surface area contributed by atoms with Gasteiger partial charge in [0.05, 0.1) is 6.61 Å². The molecule has 1 heterocycles. The van der Waals surface area contributed by atoms with Crippen molar-refractivity contribution in [1.82, 2.24) is 14.3 Å². The highest BCUT2D eigenvalue weighted by atomic mass is 32.2. The minimum absolute atomic E-state index is 0.227. The van der Waals surface area contributed by atoms with Crippen LogP contribution in [-0.2, 0) is 29.0 Å². The minimum atomic E-state index is -0.677. The Kier molecular flexibility index (Phi) is 12.2. The van der Waals surface area contributed by atoms with Crippen LogP contribution in [0.2, 0.25) is 0 Å².